The van der Waals surface area contributed by atoms with Crippen molar-refractivity contribution in [3.63, 3.8) is 0 Å². The Hall–Kier alpha value is -2.83. The minimum absolute atomic E-state index is 0.0105. The van der Waals surface area contributed by atoms with Crippen molar-refractivity contribution in [1.82, 2.24) is 19.3 Å². The molecule has 0 aliphatic carbocycles. The van der Waals surface area contributed by atoms with Gasteiger partial charge in [0.05, 0.1) is 7.11 Å². The number of amides is 1. The molecule has 0 saturated carbocycles. The van der Waals surface area contributed by atoms with E-state index in [1.54, 1.807) is 17.7 Å². The van der Waals surface area contributed by atoms with Crippen LogP contribution >= 0.6 is 0 Å². The minimum atomic E-state index is 0.0105. The third-order valence-electron chi connectivity index (χ3n) is 5.79. The number of nitrogens with zero attached hydrogens (tertiary/aromatic N) is 4. The fourth-order valence-electron chi connectivity index (χ4n) is 4.58. The van der Waals surface area contributed by atoms with Crippen LogP contribution in [0, 0.1) is 0 Å². The van der Waals surface area contributed by atoms with Crippen LogP contribution in [0.15, 0.2) is 24.4 Å². The molecule has 0 unspecified atom stereocenters. The van der Waals surface area contributed by atoms with Crippen molar-refractivity contribution in [2.45, 2.75) is 44.2 Å². The Labute approximate surface area is 150 Å². The number of carbonyl (C=O) groups excluding carboxylic acids is 1. The number of para-hydroxylation sites is 1. The van der Waals surface area contributed by atoms with Crippen molar-refractivity contribution in [3.05, 3.63) is 30.1 Å². The van der Waals surface area contributed by atoms with Crippen molar-refractivity contribution < 1.29 is 9.53 Å². The lowest BCUT2D eigenvalue weighted by molar-refractivity contribution is 0.0590. The number of piperidine rings is 1. The van der Waals surface area contributed by atoms with Crippen molar-refractivity contribution in [3.8, 4) is 5.75 Å². The molecule has 5 rings (SSSR count). The standard InChI is InChI=1S/C19H21N5O2/c1-26-15-7-3-6-13-16(15)22-19(20)23-10-14(21-17(13)23)18(25)24-11-4-2-5-12(24)9-8-11/h3,6-7,10-12H,2,4-5,8-9H2,1H3,(H2,20,22)/t11-,12+. The maximum absolute atomic E-state index is 13.2. The maximum Gasteiger partial charge on any atom is 0.274 e. The Morgan fingerprint density at radius 2 is 1.96 bits per heavy atom. The zero-order chi connectivity index (χ0) is 17.8. The monoisotopic (exact) mass is 351 g/mol. The van der Waals surface area contributed by atoms with Gasteiger partial charge in [-0.25, -0.2) is 9.97 Å². The summed E-state index contributed by atoms with van der Waals surface area (Å²) in [7, 11) is 1.60. The smallest absolute Gasteiger partial charge is 0.274 e. The van der Waals surface area contributed by atoms with Gasteiger partial charge in [-0.1, -0.05) is 6.07 Å². The van der Waals surface area contributed by atoms with Crippen LogP contribution in [0.5, 0.6) is 5.75 Å². The van der Waals surface area contributed by atoms with Crippen LogP contribution in [0.2, 0.25) is 0 Å². The van der Waals surface area contributed by atoms with Gasteiger partial charge in [0.15, 0.2) is 0 Å². The number of imidazole rings is 1. The predicted molar refractivity (Wildman–Crippen MR) is 98.3 cm³/mol. The number of aromatic nitrogens is 3. The van der Waals surface area contributed by atoms with Crippen molar-refractivity contribution >= 4 is 28.4 Å². The van der Waals surface area contributed by atoms with Crippen LogP contribution in [0.25, 0.3) is 16.6 Å². The molecule has 7 heteroatoms. The highest BCUT2D eigenvalue weighted by molar-refractivity contribution is 5.99. The number of hydrogen-bond donors (Lipinski definition) is 1. The molecule has 2 fully saturated rings. The van der Waals surface area contributed by atoms with E-state index in [-0.39, 0.29) is 5.91 Å². The van der Waals surface area contributed by atoms with Crippen LogP contribution in [0.4, 0.5) is 5.95 Å². The van der Waals surface area contributed by atoms with Crippen LogP contribution in [-0.2, 0) is 0 Å². The van der Waals surface area contributed by atoms with Gasteiger partial charge >= 0.3 is 0 Å². The van der Waals surface area contributed by atoms with Crippen molar-refractivity contribution in [2.75, 3.05) is 12.8 Å². The summed E-state index contributed by atoms with van der Waals surface area (Å²) in [6, 6.07) is 6.37. The molecule has 0 spiro atoms. The quantitative estimate of drug-likeness (QED) is 0.767. The number of benzene rings is 1. The lowest BCUT2D eigenvalue weighted by atomic mass is 10.0. The summed E-state index contributed by atoms with van der Waals surface area (Å²) in [6.07, 6.45) is 7.33. The molecule has 2 atom stereocenters. The van der Waals surface area contributed by atoms with Crippen molar-refractivity contribution in [2.24, 2.45) is 0 Å². The van der Waals surface area contributed by atoms with E-state index in [2.05, 4.69) is 14.9 Å². The number of anilines is 1. The van der Waals surface area contributed by atoms with Gasteiger partial charge in [-0.3, -0.25) is 9.20 Å². The van der Waals surface area contributed by atoms with E-state index in [1.165, 1.54) is 6.42 Å². The molecule has 134 valence electrons. The number of ether oxygens (including phenoxy) is 1. The van der Waals surface area contributed by atoms with E-state index in [1.807, 2.05) is 18.2 Å². The zero-order valence-electron chi connectivity index (χ0n) is 14.7. The molecule has 3 aromatic rings. The molecule has 4 heterocycles. The average Bonchev–Trinajstić information content (AvgIpc) is 3.21. The fourth-order valence-corrected chi connectivity index (χ4v) is 4.58. The van der Waals surface area contributed by atoms with Crippen LogP contribution in [-0.4, -0.2) is 44.4 Å². The van der Waals surface area contributed by atoms with Gasteiger partial charge in [-0.2, -0.15) is 0 Å². The first kappa shape index (κ1) is 15.4. The first-order valence-electron chi connectivity index (χ1n) is 9.11. The van der Waals surface area contributed by atoms with Gasteiger partial charge in [-0.05, 0) is 44.2 Å². The Bertz CT molecular complexity index is 1010. The highest BCUT2D eigenvalue weighted by atomic mass is 16.5. The molecule has 7 nitrogen and oxygen atoms in total. The number of rotatable bonds is 2. The number of fused-ring (bicyclic) bond motifs is 5. The van der Waals surface area contributed by atoms with Gasteiger partial charge in [0.25, 0.3) is 5.91 Å². The van der Waals surface area contributed by atoms with Crippen LogP contribution < -0.4 is 10.5 Å². The molecule has 0 radical (unpaired) electrons. The molecule has 2 saturated heterocycles. The van der Waals surface area contributed by atoms with Gasteiger partial charge in [0, 0.05) is 23.7 Å². The molecule has 2 aliphatic rings. The predicted octanol–water partition coefficient (Wildman–Crippen LogP) is 2.63. The summed E-state index contributed by atoms with van der Waals surface area (Å²) in [5.41, 5.74) is 7.87. The zero-order valence-corrected chi connectivity index (χ0v) is 14.7. The summed E-state index contributed by atoms with van der Waals surface area (Å²) in [5, 5.41) is 0.819. The second-order valence-electron chi connectivity index (χ2n) is 7.17. The number of methoxy groups -OCH3 is 1. The summed E-state index contributed by atoms with van der Waals surface area (Å²) in [4.78, 5) is 24.3. The second kappa shape index (κ2) is 5.59. The molecule has 2 aliphatic heterocycles. The summed E-state index contributed by atoms with van der Waals surface area (Å²) < 4.78 is 7.08. The van der Waals surface area contributed by atoms with E-state index < -0.39 is 0 Å². The maximum atomic E-state index is 13.2. The van der Waals surface area contributed by atoms with Crippen LogP contribution in [0.1, 0.15) is 42.6 Å². The third-order valence-corrected chi connectivity index (χ3v) is 5.79. The lowest BCUT2D eigenvalue weighted by Gasteiger charge is -2.34. The molecular formula is C19H21N5O2. The molecule has 1 aromatic carbocycles. The van der Waals surface area contributed by atoms with Gasteiger partial charge < -0.3 is 15.4 Å². The topological polar surface area (TPSA) is 85.8 Å². The van der Waals surface area contributed by atoms with E-state index in [0.717, 1.165) is 31.1 Å². The lowest BCUT2D eigenvalue weighted by Crippen LogP contribution is -2.44. The van der Waals surface area contributed by atoms with Gasteiger partial charge in [0.2, 0.25) is 5.95 Å². The number of hydrogen-bond acceptors (Lipinski definition) is 5. The molecule has 2 aromatic heterocycles. The van der Waals surface area contributed by atoms with E-state index >= 15 is 0 Å². The third kappa shape index (κ3) is 2.09. The SMILES string of the molecule is COc1cccc2c1nc(N)n1cc(C(=O)N3[C@@H]4CCC[C@H]3CC4)nc21. The number of nitrogen functional groups attached to an aromatic ring is 1. The molecular weight excluding hydrogens is 330 g/mol. The molecule has 1 amide bonds. The van der Waals surface area contributed by atoms with Crippen LogP contribution in [0.3, 0.4) is 0 Å². The number of carbonyl (C=O) groups is 1. The minimum Gasteiger partial charge on any atom is -0.494 e. The number of nitrogens with two attached hydrogens (primary N) is 1. The highest BCUT2D eigenvalue weighted by Gasteiger charge is 2.40. The van der Waals surface area contributed by atoms with E-state index in [0.29, 0.717) is 40.6 Å². The summed E-state index contributed by atoms with van der Waals surface area (Å²) in [6.45, 7) is 0. The summed E-state index contributed by atoms with van der Waals surface area (Å²) >= 11 is 0. The molecule has 26 heavy (non-hydrogen) atoms. The van der Waals surface area contributed by atoms with E-state index in [4.69, 9.17) is 10.5 Å². The largest absolute Gasteiger partial charge is 0.494 e. The van der Waals surface area contributed by atoms with Gasteiger partial charge in [0.1, 0.15) is 22.6 Å². The van der Waals surface area contributed by atoms with E-state index in [9.17, 15) is 4.79 Å². The fraction of sp³-hybridized carbons (Fsp3) is 0.421. The van der Waals surface area contributed by atoms with Crippen molar-refractivity contribution in [1.29, 1.82) is 0 Å². The normalized spacial score (nSPS) is 22.3. The Morgan fingerprint density at radius 1 is 1.19 bits per heavy atom. The second-order valence-corrected chi connectivity index (χ2v) is 7.17. The Morgan fingerprint density at radius 3 is 2.69 bits per heavy atom. The van der Waals surface area contributed by atoms with Gasteiger partial charge in [-0.15, -0.1) is 0 Å². The Balaban J connectivity index is 1.65. The Kier molecular flexibility index (Phi) is 3.32. The first-order valence-corrected chi connectivity index (χ1v) is 9.11. The first-order chi connectivity index (χ1) is 12.7. The molecule has 2 N–H and O–H groups in total. The summed E-state index contributed by atoms with van der Waals surface area (Å²) in [5.74, 6) is 0.947. The highest BCUT2D eigenvalue weighted by Crippen LogP contribution is 2.36. The average molecular weight is 351 g/mol. The molecule has 2 bridgehead atoms.